The SMILES string of the molecule is Cc1nccc2cc(F)cc(C(F)(F)F)c12. The summed E-state index contributed by atoms with van der Waals surface area (Å²) in [7, 11) is 0. The Morgan fingerprint density at radius 3 is 2.50 bits per heavy atom. The van der Waals surface area contributed by atoms with Crippen molar-refractivity contribution in [1.82, 2.24) is 4.98 Å². The van der Waals surface area contributed by atoms with Gasteiger partial charge in [0.1, 0.15) is 5.82 Å². The van der Waals surface area contributed by atoms with Gasteiger partial charge in [0.15, 0.2) is 0 Å². The van der Waals surface area contributed by atoms with Gasteiger partial charge in [-0.25, -0.2) is 4.39 Å². The lowest BCUT2D eigenvalue weighted by molar-refractivity contribution is -0.136. The monoisotopic (exact) mass is 229 g/mol. The zero-order valence-corrected chi connectivity index (χ0v) is 8.27. The van der Waals surface area contributed by atoms with Crippen molar-refractivity contribution in [2.75, 3.05) is 0 Å². The van der Waals surface area contributed by atoms with Gasteiger partial charge < -0.3 is 0 Å². The molecule has 0 aliphatic rings. The van der Waals surface area contributed by atoms with Crippen molar-refractivity contribution in [3.63, 3.8) is 0 Å². The lowest BCUT2D eigenvalue weighted by Gasteiger charge is -2.11. The van der Waals surface area contributed by atoms with Crippen molar-refractivity contribution in [3.05, 3.63) is 41.5 Å². The van der Waals surface area contributed by atoms with E-state index < -0.39 is 17.6 Å². The van der Waals surface area contributed by atoms with E-state index in [4.69, 9.17) is 0 Å². The van der Waals surface area contributed by atoms with Crippen molar-refractivity contribution in [1.29, 1.82) is 0 Å². The molecule has 0 atom stereocenters. The van der Waals surface area contributed by atoms with Gasteiger partial charge in [-0.2, -0.15) is 13.2 Å². The highest BCUT2D eigenvalue weighted by Gasteiger charge is 2.33. The van der Waals surface area contributed by atoms with Gasteiger partial charge in [0, 0.05) is 17.3 Å². The normalized spacial score (nSPS) is 12.1. The Balaban J connectivity index is 2.91. The Morgan fingerprint density at radius 1 is 1.19 bits per heavy atom. The molecule has 0 aliphatic carbocycles. The Morgan fingerprint density at radius 2 is 1.88 bits per heavy atom. The Kier molecular flexibility index (Phi) is 2.33. The number of rotatable bonds is 0. The largest absolute Gasteiger partial charge is 0.417 e. The zero-order valence-electron chi connectivity index (χ0n) is 8.27. The van der Waals surface area contributed by atoms with E-state index in [0.29, 0.717) is 6.07 Å². The van der Waals surface area contributed by atoms with Gasteiger partial charge in [-0.3, -0.25) is 4.98 Å². The lowest BCUT2D eigenvalue weighted by atomic mass is 10.0. The summed E-state index contributed by atoms with van der Waals surface area (Å²) in [5, 5.41) is 0.163. The molecule has 2 aromatic rings. The van der Waals surface area contributed by atoms with E-state index >= 15 is 0 Å². The molecule has 84 valence electrons. The number of aryl methyl sites for hydroxylation is 1. The number of aromatic nitrogens is 1. The summed E-state index contributed by atoms with van der Waals surface area (Å²) in [6.45, 7) is 1.47. The predicted octanol–water partition coefficient (Wildman–Crippen LogP) is 3.70. The lowest BCUT2D eigenvalue weighted by Crippen LogP contribution is -2.07. The maximum atomic E-state index is 13.0. The molecule has 2 rings (SSSR count). The Hall–Kier alpha value is -1.65. The number of halogens is 4. The number of hydrogen-bond acceptors (Lipinski definition) is 1. The summed E-state index contributed by atoms with van der Waals surface area (Å²) in [6.07, 6.45) is -3.22. The molecular formula is C11H7F4N. The maximum Gasteiger partial charge on any atom is 0.417 e. The van der Waals surface area contributed by atoms with Gasteiger partial charge >= 0.3 is 6.18 Å². The number of pyridine rings is 1. The molecule has 1 nitrogen and oxygen atoms in total. The molecule has 0 saturated carbocycles. The molecule has 1 aromatic heterocycles. The van der Waals surface area contributed by atoms with E-state index in [1.54, 1.807) is 0 Å². The molecule has 0 bridgehead atoms. The fourth-order valence-corrected chi connectivity index (χ4v) is 1.68. The van der Waals surface area contributed by atoms with Crippen LogP contribution in [-0.2, 0) is 6.18 Å². The van der Waals surface area contributed by atoms with Crippen LogP contribution in [0.25, 0.3) is 10.8 Å². The zero-order chi connectivity index (χ0) is 11.9. The van der Waals surface area contributed by atoms with Crippen LogP contribution in [0, 0.1) is 12.7 Å². The van der Waals surface area contributed by atoms with Gasteiger partial charge in [0.05, 0.1) is 5.56 Å². The molecule has 0 unspecified atom stereocenters. The number of nitrogens with zero attached hydrogens (tertiary/aromatic N) is 1. The third kappa shape index (κ3) is 1.73. The second-order valence-electron chi connectivity index (χ2n) is 3.45. The van der Waals surface area contributed by atoms with E-state index in [1.807, 2.05) is 0 Å². The van der Waals surface area contributed by atoms with E-state index in [-0.39, 0.29) is 16.5 Å². The molecule has 1 heterocycles. The summed E-state index contributed by atoms with van der Waals surface area (Å²) in [5.41, 5.74) is -0.738. The van der Waals surface area contributed by atoms with Gasteiger partial charge in [-0.15, -0.1) is 0 Å². The van der Waals surface area contributed by atoms with Crippen molar-refractivity contribution >= 4 is 10.8 Å². The fraction of sp³-hybridized carbons (Fsp3) is 0.182. The summed E-state index contributed by atoms with van der Waals surface area (Å²) >= 11 is 0. The minimum atomic E-state index is -4.58. The van der Waals surface area contributed by atoms with E-state index in [9.17, 15) is 17.6 Å². The van der Waals surface area contributed by atoms with E-state index in [2.05, 4.69) is 4.98 Å². The molecule has 0 radical (unpaired) electrons. The summed E-state index contributed by atoms with van der Waals surface area (Å²) < 4.78 is 51.1. The Bertz CT molecular complexity index is 545. The molecule has 16 heavy (non-hydrogen) atoms. The average Bonchev–Trinajstić information content (AvgIpc) is 2.15. The summed E-state index contributed by atoms with van der Waals surface area (Å²) in [5.74, 6) is -0.898. The second kappa shape index (κ2) is 3.43. The van der Waals surface area contributed by atoms with Gasteiger partial charge in [0.2, 0.25) is 0 Å². The van der Waals surface area contributed by atoms with Crippen LogP contribution in [0.15, 0.2) is 24.4 Å². The first-order chi connectivity index (χ1) is 7.39. The van der Waals surface area contributed by atoms with Crippen molar-refractivity contribution in [2.24, 2.45) is 0 Å². The third-order valence-corrected chi connectivity index (χ3v) is 2.32. The molecule has 0 amide bonds. The Labute approximate surface area is 88.7 Å². The topological polar surface area (TPSA) is 12.9 Å². The molecule has 5 heteroatoms. The maximum absolute atomic E-state index is 13.0. The standard InChI is InChI=1S/C11H7F4N/c1-6-10-7(2-3-16-6)4-8(12)5-9(10)11(13,14)15/h2-5H,1H3. The van der Waals surface area contributed by atoms with Crippen LogP contribution in [0.5, 0.6) is 0 Å². The number of alkyl halides is 3. The van der Waals surface area contributed by atoms with Crippen LogP contribution in [0.1, 0.15) is 11.3 Å². The minimum Gasteiger partial charge on any atom is -0.261 e. The molecule has 1 aromatic carbocycles. The van der Waals surface area contributed by atoms with E-state index in [1.165, 1.54) is 19.2 Å². The first kappa shape index (κ1) is 10.9. The molecule has 0 aliphatic heterocycles. The highest BCUT2D eigenvalue weighted by molar-refractivity contribution is 5.88. The average molecular weight is 229 g/mol. The van der Waals surface area contributed by atoms with Gasteiger partial charge in [0.25, 0.3) is 0 Å². The van der Waals surface area contributed by atoms with Crippen LogP contribution in [-0.4, -0.2) is 4.98 Å². The number of benzene rings is 1. The van der Waals surface area contributed by atoms with Crippen molar-refractivity contribution < 1.29 is 17.6 Å². The minimum absolute atomic E-state index is 0.0450. The van der Waals surface area contributed by atoms with Crippen molar-refractivity contribution in [2.45, 2.75) is 13.1 Å². The smallest absolute Gasteiger partial charge is 0.261 e. The summed E-state index contributed by atoms with van der Waals surface area (Å²) in [6, 6.07) is 2.93. The van der Waals surface area contributed by atoms with Gasteiger partial charge in [-0.05, 0) is 30.5 Å². The number of fused-ring (bicyclic) bond motifs is 1. The first-order valence-corrected chi connectivity index (χ1v) is 4.51. The van der Waals surface area contributed by atoms with Crippen molar-refractivity contribution in [3.8, 4) is 0 Å². The second-order valence-corrected chi connectivity index (χ2v) is 3.45. The van der Waals surface area contributed by atoms with Crippen LogP contribution in [0.3, 0.4) is 0 Å². The summed E-state index contributed by atoms with van der Waals surface area (Å²) in [4.78, 5) is 3.79. The van der Waals surface area contributed by atoms with Crippen LogP contribution in [0.2, 0.25) is 0 Å². The third-order valence-electron chi connectivity index (χ3n) is 2.32. The number of hydrogen-bond donors (Lipinski definition) is 0. The molecule has 0 N–H and O–H groups in total. The predicted molar refractivity (Wildman–Crippen MR) is 51.4 cm³/mol. The highest BCUT2D eigenvalue weighted by atomic mass is 19.4. The van der Waals surface area contributed by atoms with Crippen LogP contribution >= 0.6 is 0 Å². The quantitative estimate of drug-likeness (QED) is 0.627. The van der Waals surface area contributed by atoms with Crippen LogP contribution < -0.4 is 0 Å². The molecule has 0 fully saturated rings. The van der Waals surface area contributed by atoms with Crippen LogP contribution in [0.4, 0.5) is 17.6 Å². The van der Waals surface area contributed by atoms with Gasteiger partial charge in [-0.1, -0.05) is 0 Å². The highest BCUT2D eigenvalue weighted by Crippen LogP contribution is 2.36. The fourth-order valence-electron chi connectivity index (χ4n) is 1.68. The first-order valence-electron chi connectivity index (χ1n) is 4.51. The van der Waals surface area contributed by atoms with E-state index in [0.717, 1.165) is 6.07 Å². The molecular weight excluding hydrogens is 222 g/mol. The molecule has 0 saturated heterocycles. The molecule has 0 spiro atoms.